The number of carbonyl (C=O) groups is 2. The predicted molar refractivity (Wildman–Crippen MR) is 61.3 cm³/mol. The van der Waals surface area contributed by atoms with Gasteiger partial charge in [0.15, 0.2) is 0 Å². The summed E-state index contributed by atoms with van der Waals surface area (Å²) >= 11 is 0. The van der Waals surface area contributed by atoms with E-state index in [4.69, 9.17) is 5.11 Å². The van der Waals surface area contributed by atoms with Gasteiger partial charge in [0, 0.05) is 6.42 Å². The third kappa shape index (κ3) is 3.08. The molecular formula is C12H11F3N2O3. The average Bonchev–Trinajstić information content (AvgIpc) is 2.69. The molecule has 0 bridgehead atoms. The quantitative estimate of drug-likeness (QED) is 0.885. The van der Waals surface area contributed by atoms with Gasteiger partial charge >= 0.3 is 12.1 Å². The van der Waals surface area contributed by atoms with Gasteiger partial charge in [-0.05, 0) is 17.7 Å². The zero-order chi connectivity index (χ0) is 14.9. The Labute approximate surface area is 112 Å². The molecule has 1 amide bonds. The summed E-state index contributed by atoms with van der Waals surface area (Å²) in [6.45, 7) is -0.490. The lowest BCUT2D eigenvalue weighted by molar-refractivity contribution is -0.144. The number of alkyl halides is 3. The van der Waals surface area contributed by atoms with Gasteiger partial charge in [-0.1, -0.05) is 12.1 Å². The van der Waals surface area contributed by atoms with E-state index in [1.54, 1.807) is 0 Å². The van der Waals surface area contributed by atoms with Crippen LogP contribution in [0.5, 0.6) is 0 Å². The maximum atomic E-state index is 12.4. The molecule has 1 atom stereocenters. The van der Waals surface area contributed by atoms with Gasteiger partial charge in [-0.3, -0.25) is 14.6 Å². The molecular weight excluding hydrogens is 277 g/mol. The lowest BCUT2D eigenvalue weighted by atomic mass is 10.0. The summed E-state index contributed by atoms with van der Waals surface area (Å²) in [5.74, 6) is -1.57. The van der Waals surface area contributed by atoms with Gasteiger partial charge in [-0.2, -0.15) is 13.2 Å². The highest BCUT2D eigenvalue weighted by molar-refractivity contribution is 5.83. The summed E-state index contributed by atoms with van der Waals surface area (Å²) in [7, 11) is 0. The normalized spacial score (nSPS) is 19.4. The summed E-state index contributed by atoms with van der Waals surface area (Å²) in [5.41, 5.74) is 2.40. The van der Waals surface area contributed by atoms with Crippen LogP contribution in [0.4, 0.5) is 13.2 Å². The number of carboxylic acids is 1. The largest absolute Gasteiger partial charge is 0.480 e. The van der Waals surface area contributed by atoms with Crippen LogP contribution in [0.15, 0.2) is 24.3 Å². The Bertz CT molecular complexity index is 528. The first-order valence-corrected chi connectivity index (χ1v) is 5.73. The van der Waals surface area contributed by atoms with Gasteiger partial charge in [0.05, 0.1) is 11.6 Å². The number of hydrazine groups is 1. The Morgan fingerprint density at radius 3 is 2.45 bits per heavy atom. The molecule has 1 aromatic rings. The lowest BCUT2D eigenvalue weighted by Crippen LogP contribution is -2.39. The fraction of sp³-hybridized carbons (Fsp3) is 0.333. The molecule has 1 aliphatic heterocycles. The van der Waals surface area contributed by atoms with E-state index in [1.807, 2.05) is 0 Å². The van der Waals surface area contributed by atoms with Gasteiger partial charge < -0.3 is 5.11 Å². The van der Waals surface area contributed by atoms with Gasteiger partial charge in [0.2, 0.25) is 5.91 Å². The molecule has 1 fully saturated rings. The van der Waals surface area contributed by atoms with Crippen LogP contribution < -0.4 is 5.43 Å². The van der Waals surface area contributed by atoms with Crippen LogP contribution >= 0.6 is 0 Å². The number of aliphatic carboxylic acids is 1. The standard InChI is InChI=1S/C12H11F3N2O3/c13-12(14,15)8-3-1-7(2-4-8)9-5-10(18)17(16-9)6-11(19)20/h1-4,9,16H,5-6H2,(H,19,20). The number of rotatable bonds is 3. The maximum Gasteiger partial charge on any atom is 0.416 e. The molecule has 1 aromatic carbocycles. The Balaban J connectivity index is 2.10. The van der Waals surface area contributed by atoms with Crippen molar-refractivity contribution in [3.63, 3.8) is 0 Å². The fourth-order valence-corrected chi connectivity index (χ4v) is 1.96. The number of halogens is 3. The third-order valence-corrected chi connectivity index (χ3v) is 2.93. The highest BCUT2D eigenvalue weighted by Crippen LogP contribution is 2.31. The molecule has 0 saturated carbocycles. The molecule has 0 aliphatic carbocycles. The SMILES string of the molecule is O=C(O)CN1NC(c2ccc(C(F)(F)F)cc2)CC1=O. The molecule has 1 heterocycles. The van der Waals surface area contributed by atoms with E-state index < -0.39 is 36.2 Å². The first-order valence-electron chi connectivity index (χ1n) is 5.73. The Morgan fingerprint density at radius 1 is 1.35 bits per heavy atom. The summed E-state index contributed by atoms with van der Waals surface area (Å²) < 4.78 is 37.3. The molecule has 1 unspecified atom stereocenters. The summed E-state index contributed by atoms with van der Waals surface area (Å²) in [6, 6.07) is 3.91. The van der Waals surface area contributed by atoms with Crippen molar-refractivity contribution in [3.8, 4) is 0 Å². The van der Waals surface area contributed by atoms with Crippen LogP contribution in [-0.2, 0) is 15.8 Å². The molecule has 20 heavy (non-hydrogen) atoms. The Hall–Kier alpha value is -2.09. The number of benzene rings is 1. The number of hydrogen-bond donors (Lipinski definition) is 2. The molecule has 108 valence electrons. The number of carboxylic acid groups (broad SMARTS) is 1. The number of hydrogen-bond acceptors (Lipinski definition) is 3. The minimum Gasteiger partial charge on any atom is -0.480 e. The summed E-state index contributed by atoms with van der Waals surface area (Å²) in [6.07, 6.45) is -4.40. The van der Waals surface area contributed by atoms with Crippen LogP contribution in [0.2, 0.25) is 0 Å². The molecule has 1 saturated heterocycles. The van der Waals surface area contributed by atoms with E-state index >= 15 is 0 Å². The predicted octanol–water partition coefficient (Wildman–Crippen LogP) is 1.57. The van der Waals surface area contributed by atoms with Crippen molar-refractivity contribution >= 4 is 11.9 Å². The average molecular weight is 288 g/mol. The van der Waals surface area contributed by atoms with Gasteiger partial charge in [0.1, 0.15) is 6.54 Å². The van der Waals surface area contributed by atoms with E-state index in [0.29, 0.717) is 5.56 Å². The van der Waals surface area contributed by atoms with Crippen LogP contribution in [0.1, 0.15) is 23.6 Å². The van der Waals surface area contributed by atoms with E-state index in [2.05, 4.69) is 5.43 Å². The highest BCUT2D eigenvalue weighted by Gasteiger charge is 2.33. The zero-order valence-corrected chi connectivity index (χ0v) is 10.1. The lowest BCUT2D eigenvalue weighted by Gasteiger charge is -2.16. The summed E-state index contributed by atoms with van der Waals surface area (Å²) in [5, 5.41) is 9.56. The van der Waals surface area contributed by atoms with Gasteiger partial charge in [-0.25, -0.2) is 5.43 Å². The maximum absolute atomic E-state index is 12.4. The fourth-order valence-electron chi connectivity index (χ4n) is 1.96. The molecule has 2 N–H and O–H groups in total. The van der Waals surface area contributed by atoms with Crippen LogP contribution in [0.25, 0.3) is 0 Å². The molecule has 0 spiro atoms. The smallest absolute Gasteiger partial charge is 0.416 e. The second kappa shape index (κ2) is 5.12. The number of nitrogens with zero attached hydrogens (tertiary/aromatic N) is 1. The van der Waals surface area contributed by atoms with Crippen molar-refractivity contribution in [1.29, 1.82) is 0 Å². The topological polar surface area (TPSA) is 69.6 Å². The van der Waals surface area contributed by atoms with Crippen LogP contribution in [-0.4, -0.2) is 28.5 Å². The van der Waals surface area contributed by atoms with E-state index in [1.165, 1.54) is 12.1 Å². The molecule has 1 aliphatic rings. The van der Waals surface area contributed by atoms with Gasteiger partial charge in [0.25, 0.3) is 0 Å². The number of amides is 1. The minimum absolute atomic E-state index is 0.0125. The Kier molecular flexibility index (Phi) is 3.67. The first-order chi connectivity index (χ1) is 9.27. The summed E-state index contributed by atoms with van der Waals surface area (Å²) in [4.78, 5) is 22.1. The second-order valence-electron chi connectivity index (χ2n) is 4.38. The monoisotopic (exact) mass is 288 g/mol. The van der Waals surface area contributed by atoms with Crippen LogP contribution in [0.3, 0.4) is 0 Å². The molecule has 2 rings (SSSR count). The molecule has 5 nitrogen and oxygen atoms in total. The van der Waals surface area contributed by atoms with Crippen molar-refractivity contribution in [2.24, 2.45) is 0 Å². The van der Waals surface area contributed by atoms with Crippen molar-refractivity contribution < 1.29 is 27.9 Å². The first kappa shape index (κ1) is 14.3. The van der Waals surface area contributed by atoms with E-state index in [0.717, 1.165) is 17.1 Å². The van der Waals surface area contributed by atoms with E-state index in [-0.39, 0.29) is 6.42 Å². The highest BCUT2D eigenvalue weighted by atomic mass is 19.4. The Morgan fingerprint density at radius 2 is 1.95 bits per heavy atom. The molecule has 0 aromatic heterocycles. The zero-order valence-electron chi connectivity index (χ0n) is 10.1. The number of carbonyl (C=O) groups excluding carboxylic acids is 1. The molecule has 8 heteroatoms. The van der Waals surface area contributed by atoms with Crippen molar-refractivity contribution in [1.82, 2.24) is 10.4 Å². The van der Waals surface area contributed by atoms with Crippen molar-refractivity contribution in [2.45, 2.75) is 18.6 Å². The molecule has 0 radical (unpaired) electrons. The van der Waals surface area contributed by atoms with Crippen LogP contribution in [0, 0.1) is 0 Å². The van der Waals surface area contributed by atoms with Gasteiger partial charge in [-0.15, -0.1) is 0 Å². The van der Waals surface area contributed by atoms with Crippen molar-refractivity contribution in [2.75, 3.05) is 6.54 Å². The van der Waals surface area contributed by atoms with Crippen molar-refractivity contribution in [3.05, 3.63) is 35.4 Å². The third-order valence-electron chi connectivity index (χ3n) is 2.93. The minimum atomic E-state index is -4.41. The number of nitrogens with one attached hydrogen (secondary N) is 1. The van der Waals surface area contributed by atoms with E-state index in [9.17, 15) is 22.8 Å². The second-order valence-corrected chi connectivity index (χ2v) is 4.38.